The average molecular weight is 364 g/mol. The van der Waals surface area contributed by atoms with E-state index in [1.54, 1.807) is 0 Å². The summed E-state index contributed by atoms with van der Waals surface area (Å²) in [6, 6.07) is 10.3. The highest BCUT2D eigenvalue weighted by atomic mass is 127. The molecule has 1 heterocycles. The van der Waals surface area contributed by atoms with Gasteiger partial charge in [0.05, 0.1) is 11.6 Å². The first-order chi connectivity index (χ1) is 8.60. The van der Waals surface area contributed by atoms with Gasteiger partial charge in [0, 0.05) is 17.7 Å². The molecule has 0 fully saturated rings. The summed E-state index contributed by atoms with van der Waals surface area (Å²) < 4.78 is 2.10. The molecular formula is C16H17IN2. The van der Waals surface area contributed by atoms with Gasteiger partial charge < -0.3 is 24.0 Å². The average Bonchev–Trinajstić information content (AvgIpc) is 2.34. The van der Waals surface area contributed by atoms with Crippen LogP contribution in [0.3, 0.4) is 0 Å². The van der Waals surface area contributed by atoms with Crippen LogP contribution in [0, 0.1) is 32.1 Å². The fourth-order valence-electron chi connectivity index (χ4n) is 2.28. The van der Waals surface area contributed by atoms with E-state index in [0.29, 0.717) is 5.56 Å². The van der Waals surface area contributed by atoms with E-state index in [1.807, 2.05) is 24.5 Å². The predicted octanol–water partition coefficient (Wildman–Crippen LogP) is -0.177. The Morgan fingerprint density at radius 3 is 2.05 bits per heavy atom. The van der Waals surface area contributed by atoms with E-state index in [-0.39, 0.29) is 24.0 Å². The SMILES string of the molecule is Cc1cc(C)c(C[n+]2ccc(C#N)cc2)c(C)c1.[I-]. The Hall–Kier alpha value is -1.41. The van der Waals surface area contributed by atoms with Gasteiger partial charge in [0.25, 0.3) is 0 Å². The molecule has 0 saturated carbocycles. The highest BCUT2D eigenvalue weighted by Gasteiger charge is 2.09. The van der Waals surface area contributed by atoms with Gasteiger partial charge in [-0.1, -0.05) is 17.7 Å². The number of aryl methyl sites for hydroxylation is 3. The molecule has 98 valence electrons. The molecule has 0 atom stereocenters. The molecule has 0 radical (unpaired) electrons. The Morgan fingerprint density at radius 1 is 1.05 bits per heavy atom. The lowest BCUT2D eigenvalue weighted by Gasteiger charge is -2.08. The topological polar surface area (TPSA) is 27.7 Å². The maximum Gasteiger partial charge on any atom is 0.174 e. The van der Waals surface area contributed by atoms with Crippen LogP contribution in [0.15, 0.2) is 36.7 Å². The molecule has 0 spiro atoms. The number of benzene rings is 1. The lowest BCUT2D eigenvalue weighted by atomic mass is 10.00. The fraction of sp³-hybridized carbons (Fsp3) is 0.250. The van der Waals surface area contributed by atoms with E-state index in [0.717, 1.165) is 6.54 Å². The van der Waals surface area contributed by atoms with Crippen LogP contribution in [0.4, 0.5) is 0 Å². The summed E-state index contributed by atoms with van der Waals surface area (Å²) in [7, 11) is 0. The molecule has 0 aliphatic heterocycles. The Balaban J connectivity index is 0.00000180. The molecule has 19 heavy (non-hydrogen) atoms. The molecule has 1 aromatic carbocycles. The van der Waals surface area contributed by atoms with E-state index < -0.39 is 0 Å². The van der Waals surface area contributed by atoms with Gasteiger partial charge in [-0.3, -0.25) is 0 Å². The molecule has 2 aromatic rings. The molecule has 0 unspecified atom stereocenters. The van der Waals surface area contributed by atoms with E-state index in [4.69, 9.17) is 5.26 Å². The summed E-state index contributed by atoms with van der Waals surface area (Å²) in [5.74, 6) is 0. The first-order valence-electron chi connectivity index (χ1n) is 6.06. The van der Waals surface area contributed by atoms with Crippen molar-refractivity contribution in [1.82, 2.24) is 0 Å². The van der Waals surface area contributed by atoms with Crippen LogP contribution in [0.2, 0.25) is 0 Å². The van der Waals surface area contributed by atoms with Gasteiger partial charge in [-0.25, -0.2) is 4.57 Å². The summed E-state index contributed by atoms with van der Waals surface area (Å²) in [4.78, 5) is 0. The Morgan fingerprint density at radius 2 is 1.58 bits per heavy atom. The smallest absolute Gasteiger partial charge is 0.174 e. The summed E-state index contributed by atoms with van der Waals surface area (Å²) in [6.45, 7) is 7.28. The van der Waals surface area contributed by atoms with E-state index in [9.17, 15) is 0 Å². The van der Waals surface area contributed by atoms with Gasteiger partial charge in [-0.05, 0) is 31.9 Å². The van der Waals surface area contributed by atoms with Crippen LogP contribution in [-0.4, -0.2) is 0 Å². The Kier molecular flexibility index (Phi) is 5.49. The first kappa shape index (κ1) is 15.6. The molecule has 2 nitrogen and oxygen atoms in total. The summed E-state index contributed by atoms with van der Waals surface area (Å²) >= 11 is 0. The van der Waals surface area contributed by atoms with E-state index in [1.165, 1.54) is 22.3 Å². The second-order valence-corrected chi connectivity index (χ2v) is 4.75. The molecule has 0 saturated heterocycles. The van der Waals surface area contributed by atoms with Crippen LogP contribution >= 0.6 is 0 Å². The van der Waals surface area contributed by atoms with Crippen molar-refractivity contribution in [3.8, 4) is 6.07 Å². The maximum atomic E-state index is 8.78. The van der Waals surface area contributed by atoms with Crippen molar-refractivity contribution < 1.29 is 28.5 Å². The van der Waals surface area contributed by atoms with Gasteiger partial charge in [0.2, 0.25) is 0 Å². The molecule has 0 aliphatic rings. The molecule has 1 aromatic heterocycles. The summed E-state index contributed by atoms with van der Waals surface area (Å²) in [5, 5.41) is 8.78. The van der Waals surface area contributed by atoms with Crippen molar-refractivity contribution in [2.75, 3.05) is 0 Å². The highest BCUT2D eigenvalue weighted by molar-refractivity contribution is 5.36. The van der Waals surface area contributed by atoms with E-state index in [2.05, 4.69) is 43.5 Å². The van der Waals surface area contributed by atoms with Crippen LogP contribution in [0.1, 0.15) is 27.8 Å². The third-order valence-corrected chi connectivity index (χ3v) is 3.20. The molecule has 0 amide bonds. The first-order valence-corrected chi connectivity index (χ1v) is 6.06. The van der Waals surface area contributed by atoms with Gasteiger partial charge in [0.1, 0.15) is 0 Å². The molecular weight excluding hydrogens is 347 g/mol. The van der Waals surface area contributed by atoms with Crippen molar-refractivity contribution in [3.05, 3.63) is 64.5 Å². The lowest BCUT2D eigenvalue weighted by molar-refractivity contribution is -0.688. The quantitative estimate of drug-likeness (QED) is 0.537. The number of hydrogen-bond acceptors (Lipinski definition) is 1. The van der Waals surface area contributed by atoms with E-state index >= 15 is 0 Å². The molecule has 0 N–H and O–H groups in total. The number of pyridine rings is 1. The normalized spacial score (nSPS) is 9.58. The van der Waals surface area contributed by atoms with Gasteiger partial charge in [-0.2, -0.15) is 5.26 Å². The number of aromatic nitrogens is 1. The fourth-order valence-corrected chi connectivity index (χ4v) is 2.28. The summed E-state index contributed by atoms with van der Waals surface area (Å²) in [5.41, 5.74) is 6.01. The van der Waals surface area contributed by atoms with Gasteiger partial charge >= 0.3 is 0 Å². The van der Waals surface area contributed by atoms with Gasteiger partial charge in [-0.15, -0.1) is 0 Å². The maximum absolute atomic E-state index is 8.78. The largest absolute Gasteiger partial charge is 1.00 e. The second-order valence-electron chi connectivity index (χ2n) is 4.75. The van der Waals surface area contributed by atoms with Crippen LogP contribution in [0.5, 0.6) is 0 Å². The number of nitrogens with zero attached hydrogens (tertiary/aromatic N) is 2. The van der Waals surface area contributed by atoms with Crippen molar-refractivity contribution >= 4 is 0 Å². The number of hydrogen-bond donors (Lipinski definition) is 0. The standard InChI is InChI=1S/C16H17N2.HI/c1-12-8-13(2)16(14(3)9-12)11-18-6-4-15(10-17)5-7-18;/h4-9H,11H2,1-3H3;1H/q+1;/p-1. The zero-order valence-electron chi connectivity index (χ0n) is 11.4. The number of halogens is 1. The predicted molar refractivity (Wildman–Crippen MR) is 71.1 cm³/mol. The molecule has 2 rings (SSSR count). The molecule has 0 bridgehead atoms. The van der Waals surface area contributed by atoms with Crippen molar-refractivity contribution in [1.29, 1.82) is 5.26 Å². The molecule has 0 aliphatic carbocycles. The monoisotopic (exact) mass is 364 g/mol. The Labute approximate surface area is 131 Å². The van der Waals surface area contributed by atoms with Crippen LogP contribution in [-0.2, 0) is 6.54 Å². The minimum Gasteiger partial charge on any atom is -1.00 e. The number of nitriles is 1. The minimum absolute atomic E-state index is 0. The van der Waals surface area contributed by atoms with Crippen LogP contribution < -0.4 is 28.5 Å². The Bertz CT molecular complexity index is 587. The minimum atomic E-state index is 0. The third kappa shape index (κ3) is 3.77. The second kappa shape index (κ2) is 6.67. The third-order valence-electron chi connectivity index (χ3n) is 3.20. The van der Waals surface area contributed by atoms with Crippen molar-refractivity contribution in [2.24, 2.45) is 0 Å². The van der Waals surface area contributed by atoms with Crippen molar-refractivity contribution in [2.45, 2.75) is 27.3 Å². The number of rotatable bonds is 2. The lowest BCUT2D eigenvalue weighted by Crippen LogP contribution is -3.00. The zero-order valence-corrected chi connectivity index (χ0v) is 13.6. The molecule has 3 heteroatoms. The summed E-state index contributed by atoms with van der Waals surface area (Å²) in [6.07, 6.45) is 3.91. The van der Waals surface area contributed by atoms with Crippen LogP contribution in [0.25, 0.3) is 0 Å². The van der Waals surface area contributed by atoms with Gasteiger partial charge in [0.15, 0.2) is 18.9 Å². The zero-order chi connectivity index (χ0) is 13.1. The van der Waals surface area contributed by atoms with Crippen molar-refractivity contribution in [3.63, 3.8) is 0 Å². The highest BCUT2D eigenvalue weighted by Crippen LogP contribution is 2.15.